The highest BCUT2D eigenvalue weighted by molar-refractivity contribution is 6.54. The Kier molecular flexibility index (Phi) is 12.2. The number of hydrogen-bond donors (Lipinski definition) is 0. The predicted octanol–water partition coefficient (Wildman–Crippen LogP) is 33.6. The summed E-state index contributed by atoms with van der Waals surface area (Å²) in [6, 6.07) is 139. The molecule has 2 aliphatic carbocycles. The topological polar surface area (TPSA) is 0 Å². The lowest BCUT2D eigenvalue weighted by Gasteiger charge is -2.18. The Labute approximate surface area is 675 Å². The summed E-state index contributed by atoms with van der Waals surface area (Å²) >= 11 is 7.31. The van der Waals surface area contributed by atoms with Gasteiger partial charge in [0, 0.05) is 10.6 Å². The largest absolute Gasteiger partial charge is 0.0837 e. The van der Waals surface area contributed by atoms with Gasteiger partial charge in [-0.05, 0) is 313 Å². The molecule has 0 spiro atoms. The second-order valence-electron chi connectivity index (χ2n) is 32.9. The van der Waals surface area contributed by atoms with E-state index in [1.54, 1.807) is 0 Å². The van der Waals surface area contributed by atoms with Gasteiger partial charge in [0.25, 0.3) is 0 Å². The monoisotopic (exact) mass is 1490 g/mol. The van der Waals surface area contributed by atoms with Gasteiger partial charge in [-0.15, -0.1) is 0 Å². The van der Waals surface area contributed by atoms with E-state index in [1.807, 2.05) is 12.1 Å². The quantitative estimate of drug-likeness (QED) is 0.161. The van der Waals surface area contributed by atoms with Gasteiger partial charge in [0.1, 0.15) is 0 Å². The van der Waals surface area contributed by atoms with Crippen LogP contribution in [0.2, 0.25) is 5.02 Å². The molecule has 0 aromatic heterocycles. The van der Waals surface area contributed by atoms with Crippen LogP contribution >= 0.6 is 11.6 Å². The zero-order chi connectivity index (χ0) is 75.9. The highest BCUT2D eigenvalue weighted by Gasteiger charge is 2.33. The molecule has 0 saturated carbocycles. The molecule has 27 aromatic carbocycles. The SMILES string of the molecule is Clc1ccccc1-c1c2cc3c(cc2c(-c2ccccc2)c2c4cccc5c(-c6ccc7c8c(cccc68)-c6ccccc6-7)ccc(c12)c54)c1cccc2cccc3c21.c1ccc(-c2c3cc4c5cccc6cccc(c65)c4c4c5ccccc5c(c5c6ccc(-c7ccc8c9c(cccc79)-c7ccccc7-8)c7cccc(c25)c76)c34)cc1. The third-order valence-corrected chi connectivity index (χ3v) is 27.9. The first-order valence-corrected chi connectivity index (χ1v) is 41.3. The van der Waals surface area contributed by atoms with Crippen LogP contribution in [0.25, 0.3) is 294 Å². The number of benzene rings is 22. The highest BCUT2D eigenvalue weighted by Crippen LogP contribution is 2.61. The molecule has 1 heteroatoms. The van der Waals surface area contributed by atoms with E-state index in [4.69, 9.17) is 11.6 Å². The summed E-state index contributed by atoms with van der Waals surface area (Å²) in [5, 5.41) is 48.3. The van der Waals surface area contributed by atoms with Gasteiger partial charge in [-0.25, -0.2) is 0 Å². The van der Waals surface area contributed by atoms with E-state index in [0.29, 0.717) is 0 Å². The Bertz CT molecular complexity index is 9050. The van der Waals surface area contributed by atoms with Crippen molar-refractivity contribution in [1.82, 2.24) is 0 Å². The first kappa shape index (κ1) is 62.7. The van der Waals surface area contributed by atoms with Gasteiger partial charge in [0.05, 0.1) is 0 Å². The molecule has 0 heterocycles. The normalized spacial score (nSPS) is 12.7. The maximum Gasteiger partial charge on any atom is 0.0484 e. The summed E-state index contributed by atoms with van der Waals surface area (Å²) in [6.07, 6.45) is 0. The summed E-state index contributed by atoms with van der Waals surface area (Å²) in [6.45, 7) is 0. The lowest BCUT2D eigenvalue weighted by Crippen LogP contribution is -1.90. The predicted molar refractivity (Wildman–Crippen MR) is 505 cm³/mol. The summed E-state index contributed by atoms with van der Waals surface area (Å²) in [7, 11) is 0. The van der Waals surface area contributed by atoms with Crippen molar-refractivity contribution in [2.24, 2.45) is 0 Å². The molecule has 117 heavy (non-hydrogen) atoms. The lowest BCUT2D eigenvalue weighted by molar-refractivity contribution is 1.67. The van der Waals surface area contributed by atoms with Crippen molar-refractivity contribution in [2.75, 3.05) is 0 Å². The van der Waals surface area contributed by atoms with Gasteiger partial charge in [0.2, 0.25) is 0 Å². The van der Waals surface area contributed by atoms with Crippen LogP contribution in [0.15, 0.2) is 370 Å². The average molecular weight is 1490 g/mol. The van der Waals surface area contributed by atoms with Crippen molar-refractivity contribution in [3.8, 4) is 100 Å². The van der Waals surface area contributed by atoms with Crippen molar-refractivity contribution in [3.63, 3.8) is 0 Å². The maximum absolute atomic E-state index is 7.31. The minimum atomic E-state index is 0.757. The molecule has 532 valence electrons. The molecule has 0 N–H and O–H groups in total. The zero-order valence-electron chi connectivity index (χ0n) is 63.1. The van der Waals surface area contributed by atoms with E-state index in [2.05, 4.69) is 358 Å². The van der Waals surface area contributed by atoms with Gasteiger partial charge in [-0.2, -0.15) is 0 Å². The summed E-state index contributed by atoms with van der Waals surface area (Å²) in [5.74, 6) is 0. The molecule has 0 fully saturated rings. The van der Waals surface area contributed by atoms with Crippen LogP contribution in [0.4, 0.5) is 0 Å². The second kappa shape index (κ2) is 22.8. The summed E-state index contributed by atoms with van der Waals surface area (Å²) < 4.78 is 0. The van der Waals surface area contributed by atoms with Crippen molar-refractivity contribution in [3.05, 3.63) is 375 Å². The molecular weight excluding hydrogens is 1430 g/mol. The third-order valence-electron chi connectivity index (χ3n) is 27.6. The van der Waals surface area contributed by atoms with E-state index in [-0.39, 0.29) is 0 Å². The van der Waals surface area contributed by atoms with Crippen LogP contribution < -0.4 is 0 Å². The van der Waals surface area contributed by atoms with Crippen molar-refractivity contribution in [1.29, 1.82) is 0 Å². The molecule has 0 unspecified atom stereocenters. The highest BCUT2D eigenvalue weighted by atomic mass is 35.5. The second-order valence-corrected chi connectivity index (χ2v) is 33.3. The molecule has 27 aromatic rings. The fraction of sp³-hybridized carbons (Fsp3) is 0. The minimum Gasteiger partial charge on any atom is -0.0837 e. The van der Waals surface area contributed by atoms with Crippen LogP contribution in [0.5, 0.6) is 0 Å². The van der Waals surface area contributed by atoms with Crippen LogP contribution in [0, 0.1) is 0 Å². The van der Waals surface area contributed by atoms with Gasteiger partial charge in [0.15, 0.2) is 0 Å². The molecular formula is C116H61Cl. The van der Waals surface area contributed by atoms with Gasteiger partial charge in [-0.3, -0.25) is 0 Å². The Morgan fingerprint density at radius 1 is 0.120 bits per heavy atom. The molecule has 0 atom stereocenters. The smallest absolute Gasteiger partial charge is 0.0484 e. The molecule has 2 aliphatic rings. The molecule has 29 rings (SSSR count). The fourth-order valence-corrected chi connectivity index (χ4v) is 23.4. The van der Waals surface area contributed by atoms with Gasteiger partial charge >= 0.3 is 0 Å². The summed E-state index contributed by atoms with van der Waals surface area (Å²) in [5.41, 5.74) is 23.1. The van der Waals surface area contributed by atoms with E-state index in [9.17, 15) is 0 Å². The van der Waals surface area contributed by atoms with Crippen LogP contribution in [0.3, 0.4) is 0 Å². The van der Waals surface area contributed by atoms with Crippen molar-refractivity contribution >= 4 is 206 Å². The van der Waals surface area contributed by atoms with Crippen LogP contribution in [0.1, 0.15) is 0 Å². The van der Waals surface area contributed by atoms with Crippen molar-refractivity contribution in [2.45, 2.75) is 0 Å². The number of fused-ring (bicyclic) bond motifs is 24. The number of hydrogen-bond acceptors (Lipinski definition) is 0. The zero-order valence-corrected chi connectivity index (χ0v) is 63.9. The Hall–Kier alpha value is -14.8. The van der Waals surface area contributed by atoms with Crippen LogP contribution in [-0.2, 0) is 0 Å². The molecule has 0 amide bonds. The van der Waals surface area contributed by atoms with E-state index in [1.165, 1.54) is 288 Å². The van der Waals surface area contributed by atoms with Crippen LogP contribution in [-0.4, -0.2) is 0 Å². The molecule has 0 radical (unpaired) electrons. The standard InChI is InChI=1S/C58H31Cl.C58H30/c59-51-25-7-6-18-44(51)56-50-31-48-42-20-9-15-32-14-8-19-41(52(32)42)47(48)30-49(50)53(33-12-2-1-3-13-33)57-45-24-11-23-40-37(27-29-46(55(40)45)58(56)57)36-26-28-43-35-17-5-4-16-34(35)38-21-10-22-39(36)54(38)43;1-2-12-32(13-3-1)50-48-30-47-42-20-8-14-31-15-9-24-44(49(31)42)53(47)54-40-18-6-7-19-41(40)55(58(48)54)57-46-29-27-36(39-23-11-25-45(52(39)46)56(50)57)35-26-28-43-34-17-5-4-16-33(34)37-21-10-22-38(35)51(37)43/h1-31H;1-30H. The van der Waals surface area contributed by atoms with Crippen molar-refractivity contribution < 1.29 is 0 Å². The molecule has 0 nitrogen and oxygen atoms in total. The lowest BCUT2D eigenvalue weighted by atomic mass is 9.85. The van der Waals surface area contributed by atoms with E-state index < -0.39 is 0 Å². The number of rotatable bonds is 5. The maximum atomic E-state index is 7.31. The van der Waals surface area contributed by atoms with E-state index in [0.717, 1.165) is 10.6 Å². The van der Waals surface area contributed by atoms with E-state index >= 15 is 0 Å². The van der Waals surface area contributed by atoms with Gasteiger partial charge in [-0.1, -0.05) is 357 Å². The minimum absolute atomic E-state index is 0.757. The third kappa shape index (κ3) is 7.98. The number of halogens is 1. The first-order chi connectivity index (χ1) is 58.1. The van der Waals surface area contributed by atoms with Gasteiger partial charge < -0.3 is 0 Å². The summed E-state index contributed by atoms with van der Waals surface area (Å²) in [4.78, 5) is 0. The Morgan fingerprint density at radius 2 is 0.402 bits per heavy atom. The Balaban J connectivity index is 0.000000122. The molecule has 0 bridgehead atoms. The average Bonchev–Trinajstić information content (AvgIpc) is 1.54. The fourth-order valence-electron chi connectivity index (χ4n) is 23.2. The Morgan fingerprint density at radius 3 is 0.915 bits per heavy atom. The molecule has 0 aliphatic heterocycles. The molecule has 0 saturated heterocycles. The first-order valence-electron chi connectivity index (χ1n) is 40.9.